The van der Waals surface area contributed by atoms with Crippen LogP contribution in [-0.2, 0) is 11.3 Å². The van der Waals surface area contributed by atoms with E-state index in [0.717, 1.165) is 16.8 Å². The monoisotopic (exact) mass is 424 g/mol. The molecule has 0 saturated carbocycles. The summed E-state index contributed by atoms with van der Waals surface area (Å²) in [5, 5.41) is 15.5. The molecule has 0 unspecified atom stereocenters. The van der Waals surface area contributed by atoms with Crippen LogP contribution >= 0.6 is 11.6 Å². The molecule has 0 spiro atoms. The second-order valence-corrected chi connectivity index (χ2v) is 7.13. The number of hydrogen-bond donors (Lipinski definition) is 3. The van der Waals surface area contributed by atoms with Crippen LogP contribution in [0, 0.1) is 6.92 Å². The number of carboxylic acids is 1. The van der Waals surface area contributed by atoms with Crippen molar-refractivity contribution in [2.45, 2.75) is 13.5 Å². The highest BCUT2D eigenvalue weighted by Gasteiger charge is 2.09. The van der Waals surface area contributed by atoms with Gasteiger partial charge in [-0.25, -0.2) is 4.79 Å². The van der Waals surface area contributed by atoms with Gasteiger partial charge in [0.05, 0.1) is 5.56 Å². The Bertz CT molecular complexity index is 1030. The number of halogens is 1. The summed E-state index contributed by atoms with van der Waals surface area (Å²) in [7, 11) is 0. The maximum absolute atomic E-state index is 12.2. The second-order valence-electron chi connectivity index (χ2n) is 6.69. The Hall–Kier alpha value is -3.51. The summed E-state index contributed by atoms with van der Waals surface area (Å²) in [5.41, 5.74) is 3.56. The zero-order valence-electron chi connectivity index (χ0n) is 16.3. The molecule has 0 bridgehead atoms. The van der Waals surface area contributed by atoms with Crippen LogP contribution in [0.25, 0.3) is 0 Å². The summed E-state index contributed by atoms with van der Waals surface area (Å²) in [6.45, 7) is 2.23. The lowest BCUT2D eigenvalue weighted by atomic mass is 10.1. The average Bonchev–Trinajstić information content (AvgIpc) is 2.73. The largest absolute Gasteiger partial charge is 0.483 e. The van der Waals surface area contributed by atoms with Crippen molar-refractivity contribution in [3.05, 3.63) is 88.4 Å². The standard InChI is InChI=1S/C23H21ClN2O4/c1-15-2-7-20(8-3-15)26-22(27)14-30-21-11-6-18(24)12-17(21)13-25-19-9-4-16(5-10-19)23(28)29/h2-12,25H,13-14H2,1H3,(H,26,27)(H,28,29). The average molecular weight is 425 g/mol. The van der Waals surface area contributed by atoms with Crippen molar-refractivity contribution in [3.63, 3.8) is 0 Å². The number of carbonyl (C=O) groups excluding carboxylic acids is 1. The lowest BCUT2D eigenvalue weighted by Gasteiger charge is -2.14. The maximum Gasteiger partial charge on any atom is 0.335 e. The maximum atomic E-state index is 12.2. The summed E-state index contributed by atoms with van der Waals surface area (Å²) in [6.07, 6.45) is 0. The van der Waals surface area contributed by atoms with E-state index in [1.165, 1.54) is 12.1 Å². The van der Waals surface area contributed by atoms with Crippen molar-refractivity contribution in [2.24, 2.45) is 0 Å². The SMILES string of the molecule is Cc1ccc(NC(=O)COc2ccc(Cl)cc2CNc2ccc(C(=O)O)cc2)cc1. The van der Waals surface area contributed by atoms with Crippen molar-refractivity contribution < 1.29 is 19.4 Å². The number of benzene rings is 3. The molecule has 0 aromatic heterocycles. The highest BCUT2D eigenvalue weighted by Crippen LogP contribution is 2.24. The Morgan fingerprint density at radius 1 is 0.967 bits per heavy atom. The Balaban J connectivity index is 1.60. The highest BCUT2D eigenvalue weighted by molar-refractivity contribution is 6.30. The first-order valence-electron chi connectivity index (χ1n) is 9.26. The topological polar surface area (TPSA) is 87.7 Å². The predicted molar refractivity (Wildman–Crippen MR) is 117 cm³/mol. The first-order chi connectivity index (χ1) is 14.4. The van der Waals surface area contributed by atoms with Gasteiger partial charge in [-0.05, 0) is 61.5 Å². The van der Waals surface area contributed by atoms with Gasteiger partial charge in [-0.15, -0.1) is 0 Å². The Labute approximate surface area is 179 Å². The van der Waals surface area contributed by atoms with E-state index in [-0.39, 0.29) is 18.1 Å². The fourth-order valence-corrected chi connectivity index (χ4v) is 2.93. The number of ether oxygens (including phenoxy) is 1. The summed E-state index contributed by atoms with van der Waals surface area (Å²) in [5.74, 6) is -0.707. The van der Waals surface area contributed by atoms with Crippen LogP contribution in [0.5, 0.6) is 5.75 Å². The van der Waals surface area contributed by atoms with Crippen molar-refractivity contribution in [2.75, 3.05) is 17.2 Å². The van der Waals surface area contributed by atoms with Gasteiger partial charge in [-0.2, -0.15) is 0 Å². The molecule has 0 fully saturated rings. The number of amides is 1. The highest BCUT2D eigenvalue weighted by atomic mass is 35.5. The Kier molecular flexibility index (Phi) is 6.93. The van der Waals surface area contributed by atoms with Gasteiger partial charge in [0.15, 0.2) is 6.61 Å². The van der Waals surface area contributed by atoms with E-state index in [9.17, 15) is 9.59 Å². The molecular formula is C23H21ClN2O4. The van der Waals surface area contributed by atoms with Gasteiger partial charge in [0.25, 0.3) is 5.91 Å². The fraction of sp³-hybridized carbons (Fsp3) is 0.130. The van der Waals surface area contributed by atoms with Crippen LogP contribution in [0.3, 0.4) is 0 Å². The minimum absolute atomic E-state index is 0.143. The molecule has 3 rings (SSSR count). The zero-order valence-corrected chi connectivity index (χ0v) is 17.1. The summed E-state index contributed by atoms with van der Waals surface area (Å²) in [6, 6.07) is 19.1. The van der Waals surface area contributed by atoms with Crippen molar-refractivity contribution in [3.8, 4) is 5.75 Å². The van der Waals surface area contributed by atoms with Gasteiger partial charge >= 0.3 is 5.97 Å². The normalized spacial score (nSPS) is 10.3. The zero-order chi connectivity index (χ0) is 21.5. The predicted octanol–water partition coefficient (Wildman–Crippen LogP) is 4.98. The summed E-state index contributed by atoms with van der Waals surface area (Å²) in [4.78, 5) is 23.1. The van der Waals surface area contributed by atoms with Gasteiger partial charge in [-0.3, -0.25) is 4.79 Å². The quantitative estimate of drug-likeness (QED) is 0.475. The molecule has 0 aliphatic carbocycles. The molecule has 0 aliphatic heterocycles. The van der Waals surface area contributed by atoms with Crippen molar-refractivity contribution >= 4 is 34.9 Å². The number of aromatic carboxylic acids is 1. The van der Waals surface area contributed by atoms with Gasteiger partial charge in [0, 0.05) is 28.5 Å². The van der Waals surface area contributed by atoms with Crippen LogP contribution < -0.4 is 15.4 Å². The molecule has 154 valence electrons. The molecule has 3 aromatic rings. The number of carbonyl (C=O) groups is 2. The lowest BCUT2D eigenvalue weighted by Crippen LogP contribution is -2.20. The fourth-order valence-electron chi connectivity index (χ4n) is 2.73. The molecule has 3 aromatic carbocycles. The molecule has 0 heterocycles. The lowest BCUT2D eigenvalue weighted by molar-refractivity contribution is -0.118. The first kappa shape index (κ1) is 21.2. The first-order valence-corrected chi connectivity index (χ1v) is 9.63. The van der Waals surface area contributed by atoms with Gasteiger partial charge in [0.1, 0.15) is 5.75 Å². The minimum atomic E-state index is -0.976. The molecule has 3 N–H and O–H groups in total. The number of rotatable bonds is 8. The molecule has 7 heteroatoms. The third-order valence-corrected chi connectivity index (χ3v) is 4.57. The van der Waals surface area contributed by atoms with E-state index in [1.807, 2.05) is 31.2 Å². The van der Waals surface area contributed by atoms with E-state index in [1.54, 1.807) is 30.3 Å². The molecular weight excluding hydrogens is 404 g/mol. The van der Waals surface area contributed by atoms with E-state index in [4.69, 9.17) is 21.4 Å². The van der Waals surface area contributed by atoms with Gasteiger partial charge in [-0.1, -0.05) is 29.3 Å². The van der Waals surface area contributed by atoms with E-state index in [0.29, 0.717) is 23.0 Å². The molecule has 0 radical (unpaired) electrons. The van der Waals surface area contributed by atoms with Gasteiger partial charge in [0.2, 0.25) is 0 Å². The number of carboxylic acid groups (broad SMARTS) is 1. The molecule has 6 nitrogen and oxygen atoms in total. The number of aryl methyl sites for hydroxylation is 1. The Morgan fingerprint density at radius 2 is 1.63 bits per heavy atom. The smallest absolute Gasteiger partial charge is 0.335 e. The number of nitrogens with one attached hydrogen (secondary N) is 2. The van der Waals surface area contributed by atoms with E-state index < -0.39 is 5.97 Å². The Morgan fingerprint density at radius 3 is 2.30 bits per heavy atom. The van der Waals surface area contributed by atoms with Crippen LogP contribution in [-0.4, -0.2) is 23.6 Å². The van der Waals surface area contributed by atoms with Crippen LogP contribution in [0.1, 0.15) is 21.5 Å². The molecule has 0 atom stereocenters. The van der Waals surface area contributed by atoms with Crippen LogP contribution in [0.2, 0.25) is 5.02 Å². The molecule has 1 amide bonds. The molecule has 30 heavy (non-hydrogen) atoms. The minimum Gasteiger partial charge on any atom is -0.483 e. The van der Waals surface area contributed by atoms with Crippen LogP contribution in [0.15, 0.2) is 66.7 Å². The summed E-state index contributed by atoms with van der Waals surface area (Å²) < 4.78 is 5.70. The third kappa shape index (κ3) is 5.99. The van der Waals surface area contributed by atoms with Crippen molar-refractivity contribution in [1.29, 1.82) is 0 Å². The number of anilines is 2. The molecule has 0 saturated heterocycles. The van der Waals surface area contributed by atoms with E-state index >= 15 is 0 Å². The number of hydrogen-bond acceptors (Lipinski definition) is 4. The molecule has 0 aliphatic rings. The third-order valence-electron chi connectivity index (χ3n) is 4.33. The van der Waals surface area contributed by atoms with Crippen molar-refractivity contribution in [1.82, 2.24) is 0 Å². The summed E-state index contributed by atoms with van der Waals surface area (Å²) >= 11 is 6.11. The van der Waals surface area contributed by atoms with E-state index in [2.05, 4.69) is 10.6 Å². The van der Waals surface area contributed by atoms with Gasteiger partial charge < -0.3 is 20.5 Å². The second kappa shape index (κ2) is 9.80. The van der Waals surface area contributed by atoms with Crippen LogP contribution in [0.4, 0.5) is 11.4 Å².